The van der Waals surface area contributed by atoms with Crippen molar-refractivity contribution < 1.29 is 15.3 Å². The van der Waals surface area contributed by atoms with Crippen molar-refractivity contribution in [2.45, 2.75) is 33.0 Å². The fraction of sp³-hybridized carbons (Fsp3) is 1.00. The van der Waals surface area contributed by atoms with Gasteiger partial charge in [-0.15, -0.1) is 0 Å². The second kappa shape index (κ2) is 17.4. The van der Waals surface area contributed by atoms with E-state index in [1.807, 2.05) is 0 Å². The number of aliphatic hydroxyl groups excluding tert-OH is 3. The van der Waals surface area contributed by atoms with Crippen LogP contribution in [0.3, 0.4) is 0 Å². The molecule has 0 amide bonds. The Kier molecular flexibility index (Phi) is 28.8. The lowest BCUT2D eigenvalue weighted by Crippen LogP contribution is -2.03. The Labute approximate surface area is 91.5 Å². The lowest BCUT2D eigenvalue weighted by Gasteiger charge is -1.90. The third-order valence-electron chi connectivity index (χ3n) is 0.264. The normalized spacial score (nSPS) is 10.6. The largest absolute Gasteiger partial charge is 0.394 e. The van der Waals surface area contributed by atoms with E-state index in [0.717, 1.165) is 0 Å². The summed E-state index contributed by atoms with van der Waals surface area (Å²) >= 11 is 4.24. The number of hydrogen-bond donors (Lipinski definition) is 3. The van der Waals surface area contributed by atoms with Crippen LogP contribution in [-0.4, -0.2) is 34.1 Å². The molecule has 0 bridgehead atoms. The van der Waals surface area contributed by atoms with Crippen molar-refractivity contribution in [1.29, 1.82) is 0 Å². The molecule has 0 spiro atoms. The topological polar surface area (TPSA) is 60.7 Å². The maximum atomic E-state index is 8.11. The van der Waals surface area contributed by atoms with Crippen molar-refractivity contribution in [3.63, 3.8) is 0 Å². The van der Waals surface area contributed by atoms with Crippen molar-refractivity contribution in [2.24, 2.45) is 0 Å². The lowest BCUT2D eigenvalue weighted by atomic mass is 10.5. The van der Waals surface area contributed by atoms with Gasteiger partial charge in [-0.2, -0.15) is 0 Å². The van der Waals surface area contributed by atoms with Gasteiger partial charge in [0.1, 0.15) is 0 Å². The van der Waals surface area contributed by atoms with E-state index in [1.54, 1.807) is 13.8 Å². The highest BCUT2D eigenvalue weighted by Gasteiger charge is 1.83. The predicted octanol–water partition coefficient (Wildman–Crippen LogP) is 1.52. The van der Waals surface area contributed by atoms with Crippen LogP contribution >= 0.6 is 37.2 Å². The van der Waals surface area contributed by atoms with Crippen LogP contribution in [0.5, 0.6) is 0 Å². The molecule has 72 valence electrons. The molecule has 0 aliphatic heterocycles. The SMILES string of the molecule is CC(C)O.CC(O)CO.II. The van der Waals surface area contributed by atoms with Gasteiger partial charge in [0, 0.05) is 43.3 Å². The molecule has 1 atom stereocenters. The molecule has 0 heterocycles. The summed E-state index contributed by atoms with van der Waals surface area (Å²) in [6.45, 7) is 4.83. The average Bonchev–Trinajstić information content (AvgIpc) is 1.91. The van der Waals surface area contributed by atoms with Crippen LogP contribution in [0.2, 0.25) is 0 Å². The van der Waals surface area contributed by atoms with E-state index in [1.165, 1.54) is 6.92 Å². The third-order valence-corrected chi connectivity index (χ3v) is 0.264. The molecule has 3 nitrogen and oxygen atoms in total. The van der Waals surface area contributed by atoms with Crippen LogP contribution in [0.15, 0.2) is 0 Å². The van der Waals surface area contributed by atoms with Gasteiger partial charge in [0.25, 0.3) is 0 Å². The first-order chi connectivity index (χ1) is 5.00. The monoisotopic (exact) mass is 390 g/mol. The lowest BCUT2D eigenvalue weighted by molar-refractivity contribution is 0.110. The third kappa shape index (κ3) is 88.7. The van der Waals surface area contributed by atoms with Gasteiger partial charge >= 0.3 is 0 Å². The van der Waals surface area contributed by atoms with E-state index >= 15 is 0 Å². The average molecular weight is 390 g/mol. The van der Waals surface area contributed by atoms with Gasteiger partial charge in [0.15, 0.2) is 0 Å². The molecule has 0 saturated heterocycles. The molecule has 3 N–H and O–H groups in total. The van der Waals surface area contributed by atoms with Crippen molar-refractivity contribution in [2.75, 3.05) is 6.61 Å². The fourth-order valence-electron chi connectivity index (χ4n) is 0. The van der Waals surface area contributed by atoms with E-state index in [-0.39, 0.29) is 12.7 Å². The van der Waals surface area contributed by atoms with Gasteiger partial charge in [0.2, 0.25) is 0 Å². The maximum absolute atomic E-state index is 8.11. The first-order valence-electron chi connectivity index (χ1n) is 3.12. The minimum atomic E-state index is -0.560. The first-order valence-corrected chi connectivity index (χ1v) is 9.40. The molecule has 0 saturated carbocycles. The van der Waals surface area contributed by atoms with Crippen LogP contribution in [0.1, 0.15) is 20.8 Å². The zero-order valence-electron chi connectivity index (χ0n) is 6.96. The van der Waals surface area contributed by atoms with Gasteiger partial charge < -0.3 is 15.3 Å². The molecule has 11 heavy (non-hydrogen) atoms. The number of rotatable bonds is 1. The molecule has 0 aromatic carbocycles. The van der Waals surface area contributed by atoms with Gasteiger partial charge in [-0.25, -0.2) is 0 Å². The Balaban J connectivity index is -0.0000000965. The highest BCUT2D eigenvalue weighted by atomic mass is 128. The summed E-state index contributed by atoms with van der Waals surface area (Å²) in [4.78, 5) is 0. The summed E-state index contributed by atoms with van der Waals surface area (Å²) in [5, 5.41) is 24.1. The molecule has 0 aliphatic rings. The zero-order valence-corrected chi connectivity index (χ0v) is 11.3. The number of aliphatic hydroxyl groups is 3. The second-order valence-corrected chi connectivity index (χ2v) is 2.13. The Morgan fingerprint density at radius 3 is 1.18 bits per heavy atom. The van der Waals surface area contributed by atoms with Crippen LogP contribution in [-0.2, 0) is 0 Å². The molecule has 0 aromatic rings. The van der Waals surface area contributed by atoms with Crippen LogP contribution in [0.4, 0.5) is 0 Å². The molecule has 0 radical (unpaired) electrons. The molecule has 0 aromatic heterocycles. The molecule has 0 aliphatic carbocycles. The summed E-state index contributed by atoms with van der Waals surface area (Å²) < 4.78 is 0. The second-order valence-electron chi connectivity index (χ2n) is 2.13. The Morgan fingerprint density at radius 1 is 1.09 bits per heavy atom. The maximum Gasteiger partial charge on any atom is 0.0742 e. The van der Waals surface area contributed by atoms with Crippen molar-refractivity contribution in [1.82, 2.24) is 0 Å². The Morgan fingerprint density at radius 2 is 1.18 bits per heavy atom. The summed E-state index contributed by atoms with van der Waals surface area (Å²) in [5.41, 5.74) is 0. The van der Waals surface area contributed by atoms with Crippen LogP contribution < -0.4 is 0 Å². The van der Waals surface area contributed by atoms with Crippen molar-refractivity contribution >= 4 is 37.2 Å². The quantitative estimate of drug-likeness (QED) is 0.596. The summed E-state index contributed by atoms with van der Waals surface area (Å²) in [5.74, 6) is 0. The highest BCUT2D eigenvalue weighted by molar-refractivity contribution is 15.0. The molecule has 0 fully saturated rings. The summed E-state index contributed by atoms with van der Waals surface area (Å²) in [7, 11) is 0. The first kappa shape index (κ1) is 18.2. The van der Waals surface area contributed by atoms with Crippen molar-refractivity contribution in [3.05, 3.63) is 0 Å². The minimum Gasteiger partial charge on any atom is -0.394 e. The number of hydrogen-bond acceptors (Lipinski definition) is 3. The number of halogens is 2. The smallest absolute Gasteiger partial charge is 0.0742 e. The van der Waals surface area contributed by atoms with Gasteiger partial charge in [-0.3, -0.25) is 0 Å². The minimum absolute atomic E-state index is 0.139. The van der Waals surface area contributed by atoms with Crippen molar-refractivity contribution in [3.8, 4) is 0 Å². The van der Waals surface area contributed by atoms with E-state index in [4.69, 9.17) is 15.3 Å². The van der Waals surface area contributed by atoms with E-state index in [9.17, 15) is 0 Å². The highest BCUT2D eigenvalue weighted by Crippen LogP contribution is 1.89. The van der Waals surface area contributed by atoms with E-state index in [2.05, 4.69) is 37.2 Å². The fourth-order valence-corrected chi connectivity index (χ4v) is 0. The van der Waals surface area contributed by atoms with Crippen LogP contribution in [0.25, 0.3) is 0 Å². The van der Waals surface area contributed by atoms with E-state index in [0.29, 0.717) is 0 Å². The van der Waals surface area contributed by atoms with Gasteiger partial charge in [0.05, 0.1) is 12.7 Å². The molecule has 1 unspecified atom stereocenters. The van der Waals surface area contributed by atoms with E-state index < -0.39 is 6.10 Å². The standard InChI is InChI=1S/C3H8O2.C3H8O.I2/c1-3(5)2-4;1-3(2)4;1-2/h3-5H,2H2,1H3;3-4H,1-2H3;. The molecule has 0 rings (SSSR count). The molecular formula is C6H16I2O3. The predicted molar refractivity (Wildman–Crippen MR) is 64.2 cm³/mol. The van der Waals surface area contributed by atoms with Crippen LogP contribution in [0, 0.1) is 0 Å². The van der Waals surface area contributed by atoms with Gasteiger partial charge in [-0.05, 0) is 20.8 Å². The Hall–Kier alpha value is 1.34. The zero-order chi connectivity index (χ0) is 9.86. The Bertz CT molecular complexity index is 48.3. The molecular weight excluding hydrogens is 374 g/mol. The summed E-state index contributed by atoms with van der Waals surface area (Å²) in [6, 6.07) is 0. The summed E-state index contributed by atoms with van der Waals surface area (Å²) in [6.07, 6.45) is -0.727. The molecule has 5 heteroatoms. The van der Waals surface area contributed by atoms with Gasteiger partial charge in [-0.1, -0.05) is 0 Å².